The zero-order chi connectivity index (χ0) is 21.2. The molecule has 2 heterocycles. The maximum absolute atomic E-state index is 13.0. The number of hydrogen-bond acceptors (Lipinski definition) is 5. The number of aromatic amines is 1. The Kier molecular flexibility index (Phi) is 6.33. The maximum Gasteiger partial charge on any atom is 0.418 e. The van der Waals surface area contributed by atoms with Gasteiger partial charge in [-0.1, -0.05) is 23.9 Å². The summed E-state index contributed by atoms with van der Waals surface area (Å²) in [7, 11) is 0. The highest BCUT2D eigenvalue weighted by molar-refractivity contribution is 7.99. The molecule has 3 aromatic rings. The molecule has 1 amide bonds. The third-order valence-electron chi connectivity index (χ3n) is 4.31. The van der Waals surface area contributed by atoms with E-state index in [2.05, 4.69) is 15.3 Å². The van der Waals surface area contributed by atoms with Gasteiger partial charge in [0.05, 0.1) is 16.6 Å². The highest BCUT2D eigenvalue weighted by Gasteiger charge is 2.33. The summed E-state index contributed by atoms with van der Waals surface area (Å²) in [5, 5.41) is 3.38. The molecular formula is C19H18F3N3O2S2. The first kappa shape index (κ1) is 21.4. The van der Waals surface area contributed by atoms with Crippen LogP contribution in [0.25, 0.3) is 10.2 Å². The highest BCUT2D eigenvalue weighted by Crippen LogP contribution is 2.34. The van der Waals surface area contributed by atoms with Gasteiger partial charge in [0.25, 0.3) is 5.56 Å². The number of nitrogens with one attached hydrogen (secondary N) is 2. The SMILES string of the molecule is Cc1sc2nc(SCCCC(=O)Nc3ccccc3C(F)(F)F)[nH]c(=O)c2c1C. The molecule has 0 saturated heterocycles. The van der Waals surface area contributed by atoms with Crippen molar-refractivity contribution < 1.29 is 18.0 Å². The topological polar surface area (TPSA) is 74.8 Å². The van der Waals surface area contributed by atoms with E-state index >= 15 is 0 Å². The molecule has 5 nitrogen and oxygen atoms in total. The van der Waals surface area contributed by atoms with Crippen LogP contribution in [-0.2, 0) is 11.0 Å². The van der Waals surface area contributed by atoms with Gasteiger partial charge in [-0.15, -0.1) is 11.3 Å². The van der Waals surface area contributed by atoms with E-state index in [9.17, 15) is 22.8 Å². The van der Waals surface area contributed by atoms with Crippen LogP contribution in [0, 0.1) is 13.8 Å². The molecule has 0 aliphatic rings. The molecule has 0 atom stereocenters. The van der Waals surface area contributed by atoms with E-state index in [1.165, 1.54) is 41.3 Å². The minimum Gasteiger partial charge on any atom is -0.326 e. The molecule has 2 N–H and O–H groups in total. The van der Waals surface area contributed by atoms with Crippen LogP contribution in [-0.4, -0.2) is 21.6 Å². The summed E-state index contributed by atoms with van der Waals surface area (Å²) in [6.45, 7) is 3.82. The van der Waals surface area contributed by atoms with Crippen molar-refractivity contribution in [2.75, 3.05) is 11.1 Å². The van der Waals surface area contributed by atoms with Crippen molar-refractivity contribution in [1.29, 1.82) is 0 Å². The number of fused-ring (bicyclic) bond motifs is 1. The third-order valence-corrected chi connectivity index (χ3v) is 6.37. The van der Waals surface area contributed by atoms with Crippen LogP contribution in [0.1, 0.15) is 28.8 Å². The number of carbonyl (C=O) groups is 1. The Hall–Kier alpha value is -2.33. The number of aryl methyl sites for hydroxylation is 2. The second-order valence-electron chi connectivity index (χ2n) is 6.38. The van der Waals surface area contributed by atoms with Crippen molar-refractivity contribution >= 4 is 44.9 Å². The first-order valence-electron chi connectivity index (χ1n) is 8.75. The average Bonchev–Trinajstić information content (AvgIpc) is 2.92. The Bertz CT molecular complexity index is 1110. The van der Waals surface area contributed by atoms with Gasteiger partial charge in [-0.3, -0.25) is 9.59 Å². The van der Waals surface area contributed by atoms with Gasteiger partial charge in [0.2, 0.25) is 5.91 Å². The lowest BCUT2D eigenvalue weighted by atomic mass is 10.1. The number of amides is 1. The molecule has 3 rings (SSSR count). The van der Waals surface area contributed by atoms with Crippen LogP contribution in [0.5, 0.6) is 0 Å². The average molecular weight is 442 g/mol. The number of aromatic nitrogens is 2. The summed E-state index contributed by atoms with van der Waals surface area (Å²) in [4.78, 5) is 33.1. The standard InChI is InChI=1S/C19H18F3N3O2S2/c1-10-11(2)29-17-15(10)16(27)24-18(25-17)28-9-5-8-14(26)23-13-7-4-3-6-12(13)19(20,21)22/h3-4,6-7H,5,8-9H2,1-2H3,(H,23,26)(H,24,25,27). The molecule has 29 heavy (non-hydrogen) atoms. The number of rotatable bonds is 6. The number of thiophene rings is 1. The minimum atomic E-state index is -4.53. The van der Waals surface area contributed by atoms with Crippen LogP contribution >= 0.6 is 23.1 Å². The number of benzene rings is 1. The number of para-hydroxylation sites is 1. The number of nitrogens with zero attached hydrogens (tertiary/aromatic N) is 1. The van der Waals surface area contributed by atoms with E-state index < -0.39 is 17.6 Å². The normalized spacial score (nSPS) is 11.8. The molecule has 0 fully saturated rings. The van der Waals surface area contributed by atoms with Crippen molar-refractivity contribution in [3.63, 3.8) is 0 Å². The van der Waals surface area contributed by atoms with Crippen LogP contribution in [0.2, 0.25) is 0 Å². The van der Waals surface area contributed by atoms with Gasteiger partial charge in [-0.25, -0.2) is 4.98 Å². The zero-order valence-corrected chi connectivity index (χ0v) is 17.3. The predicted molar refractivity (Wildman–Crippen MR) is 110 cm³/mol. The molecule has 0 aliphatic heterocycles. The number of thioether (sulfide) groups is 1. The van der Waals surface area contributed by atoms with Crippen LogP contribution in [0.15, 0.2) is 34.2 Å². The maximum atomic E-state index is 13.0. The predicted octanol–water partition coefficient (Wildman–Crippen LogP) is 5.13. The molecular weight excluding hydrogens is 423 g/mol. The second-order valence-corrected chi connectivity index (χ2v) is 8.66. The summed E-state index contributed by atoms with van der Waals surface area (Å²) in [5.74, 6) is -0.00438. The van der Waals surface area contributed by atoms with Gasteiger partial charge < -0.3 is 10.3 Å². The second kappa shape index (κ2) is 8.58. The molecule has 0 spiro atoms. The number of alkyl halides is 3. The summed E-state index contributed by atoms with van der Waals surface area (Å²) in [6, 6.07) is 4.87. The summed E-state index contributed by atoms with van der Waals surface area (Å²) in [5.41, 5.74) is -0.399. The monoisotopic (exact) mass is 441 g/mol. The Morgan fingerprint density at radius 1 is 1.28 bits per heavy atom. The molecule has 0 aliphatic carbocycles. The smallest absolute Gasteiger partial charge is 0.326 e. The van der Waals surface area contributed by atoms with Gasteiger partial charge >= 0.3 is 6.18 Å². The first-order valence-corrected chi connectivity index (χ1v) is 10.6. The Morgan fingerprint density at radius 2 is 2.00 bits per heavy atom. The molecule has 0 unspecified atom stereocenters. The van der Waals surface area contributed by atoms with E-state index in [4.69, 9.17) is 0 Å². The van der Waals surface area contributed by atoms with E-state index in [0.29, 0.717) is 27.5 Å². The van der Waals surface area contributed by atoms with Gasteiger partial charge in [0, 0.05) is 17.1 Å². The first-order chi connectivity index (χ1) is 13.7. The molecule has 0 saturated carbocycles. The van der Waals surface area contributed by atoms with Gasteiger partial charge in [0.15, 0.2) is 5.16 Å². The molecule has 154 valence electrons. The molecule has 0 bridgehead atoms. The quantitative estimate of drug-likeness (QED) is 0.316. The number of hydrogen-bond donors (Lipinski definition) is 2. The van der Waals surface area contributed by atoms with E-state index in [1.807, 2.05) is 13.8 Å². The fourth-order valence-electron chi connectivity index (χ4n) is 2.76. The fraction of sp³-hybridized carbons (Fsp3) is 0.316. The Morgan fingerprint density at radius 3 is 2.72 bits per heavy atom. The molecule has 10 heteroatoms. The lowest BCUT2D eigenvalue weighted by molar-refractivity contribution is -0.137. The molecule has 0 radical (unpaired) electrons. The van der Waals surface area contributed by atoms with Crippen LogP contribution in [0.4, 0.5) is 18.9 Å². The Balaban J connectivity index is 1.56. The largest absolute Gasteiger partial charge is 0.418 e. The van der Waals surface area contributed by atoms with Gasteiger partial charge in [-0.05, 0) is 38.0 Å². The summed E-state index contributed by atoms with van der Waals surface area (Å²) >= 11 is 2.76. The number of anilines is 1. The number of carbonyl (C=O) groups excluding carboxylic acids is 1. The number of halogens is 3. The van der Waals surface area contributed by atoms with Crippen molar-refractivity contribution in [2.45, 2.75) is 38.0 Å². The van der Waals surface area contributed by atoms with Crippen LogP contribution in [0.3, 0.4) is 0 Å². The van der Waals surface area contributed by atoms with Gasteiger partial charge in [-0.2, -0.15) is 13.2 Å². The van der Waals surface area contributed by atoms with Crippen molar-refractivity contribution in [3.05, 3.63) is 50.6 Å². The summed E-state index contributed by atoms with van der Waals surface area (Å²) < 4.78 is 38.9. The van der Waals surface area contributed by atoms with E-state index in [0.717, 1.165) is 16.5 Å². The third kappa shape index (κ3) is 4.99. The van der Waals surface area contributed by atoms with E-state index in [1.54, 1.807) is 0 Å². The van der Waals surface area contributed by atoms with Crippen LogP contribution < -0.4 is 10.9 Å². The minimum absolute atomic E-state index is 0.0584. The lowest BCUT2D eigenvalue weighted by Crippen LogP contribution is -2.16. The number of H-pyrrole nitrogens is 1. The zero-order valence-electron chi connectivity index (χ0n) is 15.6. The van der Waals surface area contributed by atoms with Crippen molar-refractivity contribution in [1.82, 2.24) is 9.97 Å². The molecule has 2 aromatic heterocycles. The van der Waals surface area contributed by atoms with E-state index in [-0.39, 0.29) is 17.7 Å². The highest BCUT2D eigenvalue weighted by atomic mass is 32.2. The van der Waals surface area contributed by atoms with Crippen molar-refractivity contribution in [3.8, 4) is 0 Å². The van der Waals surface area contributed by atoms with Crippen molar-refractivity contribution in [2.24, 2.45) is 0 Å². The van der Waals surface area contributed by atoms with Gasteiger partial charge in [0.1, 0.15) is 4.83 Å². The lowest BCUT2D eigenvalue weighted by Gasteiger charge is -2.13. The summed E-state index contributed by atoms with van der Waals surface area (Å²) in [6.07, 6.45) is -4.05. The fourth-order valence-corrected chi connectivity index (χ4v) is 4.65. The Labute approximate surface area is 172 Å². The molecule has 1 aromatic carbocycles.